The summed E-state index contributed by atoms with van der Waals surface area (Å²) in [6, 6.07) is 0. The molecule has 6 nitrogen and oxygen atoms in total. The lowest BCUT2D eigenvalue weighted by Crippen LogP contribution is -2.37. The molecule has 0 atom stereocenters. The average molecular weight is 244 g/mol. The summed E-state index contributed by atoms with van der Waals surface area (Å²) in [5.74, 6) is -0.205. The van der Waals surface area contributed by atoms with Gasteiger partial charge in [-0.05, 0) is 6.42 Å². The molecule has 0 aromatic heterocycles. The van der Waals surface area contributed by atoms with Gasteiger partial charge in [-0.15, -0.1) is 0 Å². The summed E-state index contributed by atoms with van der Waals surface area (Å²) in [4.78, 5) is 0. The molecular weight excluding hydrogens is 228 g/mol. The molecule has 0 bridgehead atoms. The van der Waals surface area contributed by atoms with Gasteiger partial charge in [0.2, 0.25) is 10.0 Å². The molecular formula is C6H16N2O4S2. The third-order valence-electron chi connectivity index (χ3n) is 1.51. The minimum absolute atomic E-state index is 0.205. The summed E-state index contributed by atoms with van der Waals surface area (Å²) >= 11 is 0. The average Bonchev–Trinajstić information content (AvgIpc) is 1.93. The van der Waals surface area contributed by atoms with E-state index in [0.29, 0.717) is 6.42 Å². The zero-order valence-electron chi connectivity index (χ0n) is 8.06. The van der Waals surface area contributed by atoms with Crippen LogP contribution in [0.3, 0.4) is 0 Å². The highest BCUT2D eigenvalue weighted by Crippen LogP contribution is 2.01. The van der Waals surface area contributed by atoms with E-state index in [1.165, 1.54) is 4.13 Å². The van der Waals surface area contributed by atoms with Gasteiger partial charge in [-0.3, -0.25) is 0 Å². The van der Waals surface area contributed by atoms with Crippen LogP contribution in [0.15, 0.2) is 0 Å². The van der Waals surface area contributed by atoms with Crippen LogP contribution in [-0.2, 0) is 20.2 Å². The largest absolute Gasteiger partial charge is 0.287 e. The first-order valence-corrected chi connectivity index (χ1v) is 7.50. The van der Waals surface area contributed by atoms with Crippen molar-refractivity contribution in [2.24, 2.45) is 5.14 Å². The summed E-state index contributed by atoms with van der Waals surface area (Å²) in [6.07, 6.45) is 3.13. The molecule has 86 valence electrons. The molecule has 0 amide bonds. The molecule has 0 saturated carbocycles. The number of nitrogens with one attached hydrogen (secondary N) is 1. The van der Waals surface area contributed by atoms with E-state index in [0.717, 1.165) is 19.3 Å². The van der Waals surface area contributed by atoms with Crippen molar-refractivity contribution in [1.29, 1.82) is 0 Å². The molecule has 8 heteroatoms. The lowest BCUT2D eigenvalue weighted by molar-refractivity contribution is 0.574. The highest BCUT2D eigenvalue weighted by molar-refractivity contribution is 8.03. The van der Waals surface area contributed by atoms with Crippen molar-refractivity contribution in [1.82, 2.24) is 4.13 Å². The van der Waals surface area contributed by atoms with E-state index in [4.69, 9.17) is 0 Å². The molecule has 0 aliphatic heterocycles. The van der Waals surface area contributed by atoms with Crippen molar-refractivity contribution < 1.29 is 16.8 Å². The molecule has 14 heavy (non-hydrogen) atoms. The summed E-state index contributed by atoms with van der Waals surface area (Å²) in [7, 11) is -7.95. The van der Waals surface area contributed by atoms with Crippen LogP contribution in [0.25, 0.3) is 0 Å². The quantitative estimate of drug-likeness (QED) is 0.599. The second-order valence-corrected chi connectivity index (χ2v) is 6.40. The molecule has 0 aromatic rings. The van der Waals surface area contributed by atoms with Gasteiger partial charge >= 0.3 is 0 Å². The number of hydrogen-bond donors (Lipinski definition) is 2. The summed E-state index contributed by atoms with van der Waals surface area (Å²) in [5.41, 5.74) is 0. The van der Waals surface area contributed by atoms with Gasteiger partial charge in [0.1, 0.15) is 0 Å². The zero-order valence-corrected chi connectivity index (χ0v) is 9.70. The normalized spacial score (nSPS) is 13.0. The van der Waals surface area contributed by atoms with E-state index in [2.05, 4.69) is 5.14 Å². The molecule has 0 aliphatic carbocycles. The Bertz CT molecular complexity index is 346. The number of rotatable bonds is 7. The van der Waals surface area contributed by atoms with E-state index in [1.807, 2.05) is 6.92 Å². The number of unbranched alkanes of at least 4 members (excludes halogenated alkanes) is 3. The van der Waals surface area contributed by atoms with Crippen molar-refractivity contribution in [3.8, 4) is 0 Å². The summed E-state index contributed by atoms with van der Waals surface area (Å²) in [6.45, 7) is 2.00. The maximum absolute atomic E-state index is 11.0. The smallest absolute Gasteiger partial charge is 0.215 e. The Labute approximate surface area is 85.1 Å². The van der Waals surface area contributed by atoms with Crippen LogP contribution in [0.4, 0.5) is 0 Å². The molecule has 0 saturated heterocycles. The molecule has 0 rings (SSSR count). The van der Waals surface area contributed by atoms with Gasteiger partial charge in [-0.2, -0.15) is 8.42 Å². The van der Waals surface area contributed by atoms with Gasteiger partial charge in [0.05, 0.1) is 5.75 Å². The fraction of sp³-hybridized carbons (Fsp3) is 1.00. The van der Waals surface area contributed by atoms with Gasteiger partial charge in [-0.1, -0.05) is 30.3 Å². The minimum atomic E-state index is -4.16. The van der Waals surface area contributed by atoms with E-state index in [9.17, 15) is 16.8 Å². The van der Waals surface area contributed by atoms with E-state index in [1.54, 1.807) is 0 Å². The molecule has 0 heterocycles. The van der Waals surface area contributed by atoms with E-state index < -0.39 is 20.2 Å². The molecule has 0 spiro atoms. The van der Waals surface area contributed by atoms with Crippen molar-refractivity contribution >= 4 is 20.2 Å². The van der Waals surface area contributed by atoms with Crippen LogP contribution in [0, 0.1) is 0 Å². The Balaban J connectivity index is 3.98. The zero-order chi connectivity index (χ0) is 11.2. The SMILES string of the molecule is CCCCCCS(=O)(=O)NS(N)(=O)=O. The molecule has 0 radical (unpaired) electrons. The van der Waals surface area contributed by atoms with Gasteiger partial charge in [0.25, 0.3) is 10.2 Å². The van der Waals surface area contributed by atoms with Crippen LogP contribution < -0.4 is 9.27 Å². The third-order valence-corrected chi connectivity index (χ3v) is 4.28. The Morgan fingerprint density at radius 1 is 1.07 bits per heavy atom. The topological polar surface area (TPSA) is 106 Å². The van der Waals surface area contributed by atoms with E-state index >= 15 is 0 Å². The first-order chi connectivity index (χ1) is 6.27. The van der Waals surface area contributed by atoms with Crippen LogP contribution in [0.5, 0.6) is 0 Å². The van der Waals surface area contributed by atoms with Crippen molar-refractivity contribution in [2.75, 3.05) is 5.75 Å². The van der Waals surface area contributed by atoms with Gasteiger partial charge in [0, 0.05) is 0 Å². The fourth-order valence-electron chi connectivity index (χ4n) is 0.937. The number of nitrogens with two attached hydrogens (primary N) is 1. The van der Waals surface area contributed by atoms with E-state index in [-0.39, 0.29) is 5.75 Å². The Hall–Kier alpha value is -0.180. The van der Waals surface area contributed by atoms with Crippen LogP contribution in [0.1, 0.15) is 32.6 Å². The summed E-state index contributed by atoms with van der Waals surface area (Å²) in [5, 5.41) is 4.53. The molecule has 0 aliphatic rings. The second kappa shape index (κ2) is 5.64. The second-order valence-electron chi connectivity index (χ2n) is 3.01. The van der Waals surface area contributed by atoms with Crippen LogP contribution >= 0.6 is 0 Å². The first kappa shape index (κ1) is 13.8. The Morgan fingerprint density at radius 2 is 1.64 bits per heavy atom. The predicted octanol–water partition coefficient (Wildman–Crippen LogP) is -0.310. The van der Waals surface area contributed by atoms with Crippen molar-refractivity contribution in [2.45, 2.75) is 32.6 Å². The predicted molar refractivity (Wildman–Crippen MR) is 54.2 cm³/mol. The lowest BCUT2D eigenvalue weighted by Gasteiger charge is -2.03. The van der Waals surface area contributed by atoms with Crippen LogP contribution in [-0.4, -0.2) is 22.6 Å². The Kier molecular flexibility index (Phi) is 5.57. The highest BCUT2D eigenvalue weighted by Gasteiger charge is 2.15. The van der Waals surface area contributed by atoms with Gasteiger partial charge < -0.3 is 0 Å². The maximum atomic E-state index is 11.0. The molecule has 3 N–H and O–H groups in total. The maximum Gasteiger partial charge on any atom is 0.287 e. The van der Waals surface area contributed by atoms with Crippen molar-refractivity contribution in [3.63, 3.8) is 0 Å². The monoisotopic (exact) mass is 244 g/mol. The minimum Gasteiger partial charge on any atom is -0.215 e. The fourth-order valence-corrected chi connectivity index (χ4v) is 3.27. The van der Waals surface area contributed by atoms with Crippen molar-refractivity contribution in [3.05, 3.63) is 0 Å². The number of hydrogen-bond acceptors (Lipinski definition) is 4. The Morgan fingerprint density at radius 3 is 2.07 bits per heavy atom. The molecule has 0 unspecified atom stereocenters. The third kappa shape index (κ3) is 8.42. The lowest BCUT2D eigenvalue weighted by atomic mass is 10.2. The van der Waals surface area contributed by atoms with Gasteiger partial charge in [-0.25, -0.2) is 13.6 Å². The first-order valence-electron chi connectivity index (χ1n) is 4.31. The number of sulfonamides is 1. The van der Waals surface area contributed by atoms with Gasteiger partial charge in [0.15, 0.2) is 0 Å². The van der Waals surface area contributed by atoms with Crippen LogP contribution in [0.2, 0.25) is 0 Å². The molecule has 0 aromatic carbocycles. The molecule has 0 fully saturated rings. The highest BCUT2D eigenvalue weighted by atomic mass is 32.3. The standard InChI is InChI=1S/C6H16N2O4S2/c1-2-3-4-5-6-13(9,10)8-14(7,11)12/h8H,2-6H2,1H3,(H2,7,11,12). The summed E-state index contributed by atoms with van der Waals surface area (Å²) < 4.78 is 44.3.